The van der Waals surface area contributed by atoms with Gasteiger partial charge in [-0.1, -0.05) is 18.2 Å². The Balaban J connectivity index is 1.75. The van der Waals surface area contributed by atoms with Crippen molar-refractivity contribution in [2.75, 3.05) is 13.1 Å². The largest absolute Gasteiger partial charge is 0.411 e. The van der Waals surface area contributed by atoms with Crippen LogP contribution in [-0.4, -0.2) is 33.2 Å². The zero-order chi connectivity index (χ0) is 16.4. The van der Waals surface area contributed by atoms with E-state index in [-0.39, 0.29) is 0 Å². The summed E-state index contributed by atoms with van der Waals surface area (Å²) in [7, 11) is 0. The van der Waals surface area contributed by atoms with Gasteiger partial charge in [0.05, 0.1) is 6.20 Å². The lowest BCUT2D eigenvalue weighted by atomic mass is 9.88. The van der Waals surface area contributed by atoms with Gasteiger partial charge < -0.3 is 10.5 Å². The molecule has 2 N–H and O–H groups in total. The average molecular weight is 320 g/mol. The van der Waals surface area contributed by atoms with Gasteiger partial charge in [0.15, 0.2) is 0 Å². The van der Waals surface area contributed by atoms with E-state index in [9.17, 15) is 5.21 Å². The first-order valence-corrected chi connectivity index (χ1v) is 8.31. The summed E-state index contributed by atoms with van der Waals surface area (Å²) >= 11 is 0. The van der Waals surface area contributed by atoms with Crippen LogP contribution < -0.4 is 5.32 Å². The Morgan fingerprint density at radius 1 is 1.00 bits per heavy atom. The van der Waals surface area contributed by atoms with Crippen LogP contribution in [0.2, 0.25) is 0 Å². The Morgan fingerprint density at radius 3 is 2.54 bits per heavy atom. The van der Waals surface area contributed by atoms with E-state index in [1.165, 1.54) is 0 Å². The summed E-state index contributed by atoms with van der Waals surface area (Å²) in [6, 6.07) is 12.2. The number of aromatic nitrogens is 3. The predicted molar refractivity (Wildman–Crippen MR) is 92.9 cm³/mol. The Kier molecular flexibility index (Phi) is 4.01. The van der Waals surface area contributed by atoms with Gasteiger partial charge in [0, 0.05) is 23.5 Å². The Morgan fingerprint density at radius 2 is 1.75 bits per heavy atom. The molecule has 4 rings (SSSR count). The second-order valence-electron chi connectivity index (χ2n) is 6.18. The van der Waals surface area contributed by atoms with Gasteiger partial charge in [-0.25, -0.2) is 0 Å². The summed E-state index contributed by atoms with van der Waals surface area (Å²) in [6.07, 6.45) is 7.54. The van der Waals surface area contributed by atoms with E-state index in [1.807, 2.05) is 30.5 Å². The molecule has 1 fully saturated rings. The maximum absolute atomic E-state index is 10.3. The van der Waals surface area contributed by atoms with E-state index in [4.69, 9.17) is 0 Å². The summed E-state index contributed by atoms with van der Waals surface area (Å²) in [6.45, 7) is 2.02. The molecule has 122 valence electrons. The number of piperidine rings is 1. The van der Waals surface area contributed by atoms with Crippen molar-refractivity contribution in [2.45, 2.75) is 18.8 Å². The van der Waals surface area contributed by atoms with Crippen LogP contribution in [0.4, 0.5) is 0 Å². The molecule has 1 aromatic carbocycles. The maximum atomic E-state index is 10.3. The van der Waals surface area contributed by atoms with Gasteiger partial charge in [-0.15, -0.1) is 9.94 Å². The molecule has 0 amide bonds. The Bertz CT molecular complexity index is 822. The van der Waals surface area contributed by atoms with Crippen LogP contribution in [0.1, 0.15) is 24.3 Å². The van der Waals surface area contributed by atoms with Crippen molar-refractivity contribution in [2.24, 2.45) is 0 Å². The van der Waals surface area contributed by atoms with Crippen molar-refractivity contribution in [1.82, 2.24) is 20.2 Å². The van der Waals surface area contributed by atoms with Crippen molar-refractivity contribution >= 4 is 0 Å². The van der Waals surface area contributed by atoms with Crippen LogP contribution >= 0.6 is 0 Å². The SMILES string of the molecule is On1ncc(C2CCNCC2)c1-c1cccc(-c2ccncc2)c1. The summed E-state index contributed by atoms with van der Waals surface area (Å²) in [4.78, 5) is 5.09. The number of rotatable bonds is 3. The number of nitrogens with one attached hydrogen (secondary N) is 1. The molecule has 0 spiro atoms. The fourth-order valence-electron chi connectivity index (χ4n) is 3.46. The number of nitrogens with zero attached hydrogens (tertiary/aromatic N) is 3. The highest BCUT2D eigenvalue weighted by molar-refractivity contribution is 5.72. The van der Waals surface area contributed by atoms with Gasteiger partial charge in [-0.3, -0.25) is 4.98 Å². The minimum atomic E-state index is 0.437. The third-order valence-electron chi connectivity index (χ3n) is 4.71. The molecule has 0 aliphatic carbocycles. The molecule has 1 aliphatic heterocycles. The zero-order valence-corrected chi connectivity index (χ0v) is 13.4. The molecule has 24 heavy (non-hydrogen) atoms. The summed E-state index contributed by atoms with van der Waals surface area (Å²) in [5.41, 5.74) is 5.13. The van der Waals surface area contributed by atoms with Crippen molar-refractivity contribution in [3.05, 3.63) is 60.6 Å². The Labute approximate surface area is 140 Å². The third kappa shape index (κ3) is 2.78. The fraction of sp³-hybridized carbons (Fsp3) is 0.263. The van der Waals surface area contributed by atoms with Crippen LogP contribution in [0.15, 0.2) is 55.0 Å². The zero-order valence-electron chi connectivity index (χ0n) is 13.4. The Hall–Kier alpha value is -2.66. The van der Waals surface area contributed by atoms with E-state index in [0.29, 0.717) is 5.92 Å². The molecular formula is C19H20N4O. The topological polar surface area (TPSA) is 63.0 Å². The molecule has 1 aliphatic rings. The molecule has 0 atom stereocenters. The van der Waals surface area contributed by atoms with Gasteiger partial charge in [-0.2, -0.15) is 0 Å². The second kappa shape index (κ2) is 6.45. The summed E-state index contributed by atoms with van der Waals surface area (Å²) < 4.78 is 0. The van der Waals surface area contributed by atoms with Crippen molar-refractivity contribution in [3.8, 4) is 22.4 Å². The number of pyridine rings is 1. The number of hydrogen-bond acceptors (Lipinski definition) is 4. The van der Waals surface area contributed by atoms with E-state index < -0.39 is 0 Å². The van der Waals surface area contributed by atoms with E-state index in [1.54, 1.807) is 12.4 Å². The number of hydrogen-bond donors (Lipinski definition) is 2. The number of benzene rings is 1. The lowest BCUT2D eigenvalue weighted by Gasteiger charge is -2.22. The van der Waals surface area contributed by atoms with E-state index in [2.05, 4.69) is 27.5 Å². The minimum absolute atomic E-state index is 0.437. The lowest BCUT2D eigenvalue weighted by Crippen LogP contribution is -2.26. The lowest BCUT2D eigenvalue weighted by molar-refractivity contribution is 0.153. The highest BCUT2D eigenvalue weighted by Crippen LogP contribution is 2.35. The quantitative estimate of drug-likeness (QED) is 0.727. The molecule has 5 nitrogen and oxygen atoms in total. The fourth-order valence-corrected chi connectivity index (χ4v) is 3.46. The first-order valence-electron chi connectivity index (χ1n) is 8.31. The van der Waals surface area contributed by atoms with E-state index in [0.717, 1.165) is 58.7 Å². The van der Waals surface area contributed by atoms with Gasteiger partial charge >= 0.3 is 0 Å². The van der Waals surface area contributed by atoms with Crippen molar-refractivity contribution in [1.29, 1.82) is 0 Å². The molecule has 1 saturated heterocycles. The normalized spacial score (nSPS) is 15.5. The molecule has 3 aromatic rings. The maximum Gasteiger partial charge on any atom is 0.113 e. The second-order valence-corrected chi connectivity index (χ2v) is 6.18. The van der Waals surface area contributed by atoms with Crippen molar-refractivity contribution in [3.63, 3.8) is 0 Å². The van der Waals surface area contributed by atoms with Crippen LogP contribution in [0.3, 0.4) is 0 Å². The summed E-state index contributed by atoms with van der Waals surface area (Å²) in [5, 5.41) is 17.8. The molecule has 0 saturated carbocycles. The summed E-state index contributed by atoms with van der Waals surface area (Å²) in [5.74, 6) is 0.437. The predicted octanol–water partition coefficient (Wildman–Crippen LogP) is 3.32. The van der Waals surface area contributed by atoms with E-state index >= 15 is 0 Å². The molecule has 2 aromatic heterocycles. The van der Waals surface area contributed by atoms with Crippen LogP contribution in [0.25, 0.3) is 22.4 Å². The van der Waals surface area contributed by atoms with Crippen LogP contribution in [-0.2, 0) is 0 Å². The molecule has 3 heterocycles. The first-order chi connectivity index (χ1) is 11.8. The van der Waals surface area contributed by atoms with Gasteiger partial charge in [0.1, 0.15) is 5.69 Å². The van der Waals surface area contributed by atoms with Gasteiger partial charge in [0.2, 0.25) is 0 Å². The minimum Gasteiger partial charge on any atom is -0.411 e. The van der Waals surface area contributed by atoms with Gasteiger partial charge in [0.25, 0.3) is 0 Å². The molecular weight excluding hydrogens is 300 g/mol. The molecule has 0 radical (unpaired) electrons. The molecule has 5 heteroatoms. The van der Waals surface area contributed by atoms with Crippen LogP contribution in [0.5, 0.6) is 0 Å². The average Bonchev–Trinajstić information content (AvgIpc) is 3.05. The first kappa shape index (κ1) is 14.9. The third-order valence-corrected chi connectivity index (χ3v) is 4.71. The highest BCUT2D eigenvalue weighted by Gasteiger charge is 2.23. The molecule has 0 bridgehead atoms. The monoisotopic (exact) mass is 320 g/mol. The molecule has 0 unspecified atom stereocenters. The standard InChI is InChI=1S/C19H20N4O/c24-23-19(18(13-22-23)15-6-10-21-11-7-15)17-3-1-2-16(12-17)14-4-8-20-9-5-14/h1-5,8-9,12-13,15,21,24H,6-7,10-11H2. The smallest absolute Gasteiger partial charge is 0.113 e. The highest BCUT2D eigenvalue weighted by atomic mass is 16.5. The van der Waals surface area contributed by atoms with Crippen molar-refractivity contribution < 1.29 is 5.21 Å². The van der Waals surface area contributed by atoms with Gasteiger partial charge in [-0.05, 0) is 61.2 Å². The van der Waals surface area contributed by atoms with Crippen LogP contribution in [0, 0.1) is 0 Å².